The number of ether oxygens (including phenoxy) is 1. The molecular formula is C23H22N2O3. The molecule has 0 bridgehead atoms. The van der Waals surface area contributed by atoms with Gasteiger partial charge in [-0.05, 0) is 43.3 Å². The molecule has 0 atom stereocenters. The molecule has 0 unspecified atom stereocenters. The first-order chi connectivity index (χ1) is 13.5. The van der Waals surface area contributed by atoms with Crippen LogP contribution in [0.25, 0.3) is 0 Å². The SMILES string of the molecule is CC(=O)N(CC(=O)Nc1ccc(C)cc1)c1ccccc1Oc1ccccc1. The topological polar surface area (TPSA) is 58.6 Å². The van der Waals surface area contributed by atoms with E-state index < -0.39 is 0 Å². The molecule has 1 N–H and O–H groups in total. The van der Waals surface area contributed by atoms with Gasteiger partial charge in [-0.25, -0.2) is 0 Å². The summed E-state index contributed by atoms with van der Waals surface area (Å²) in [6.45, 7) is 3.30. The Labute approximate surface area is 164 Å². The van der Waals surface area contributed by atoms with Crippen molar-refractivity contribution in [2.45, 2.75) is 13.8 Å². The van der Waals surface area contributed by atoms with Gasteiger partial charge in [-0.3, -0.25) is 14.5 Å². The standard InChI is InChI=1S/C23H22N2O3/c1-17-12-14-19(15-13-17)24-23(27)16-25(18(2)26)21-10-6-7-11-22(21)28-20-8-4-3-5-9-20/h3-15H,16H2,1-2H3,(H,24,27). The number of nitrogens with zero attached hydrogens (tertiary/aromatic N) is 1. The van der Waals surface area contributed by atoms with Gasteiger partial charge in [0.2, 0.25) is 11.8 Å². The highest BCUT2D eigenvalue weighted by Gasteiger charge is 2.20. The molecule has 5 heteroatoms. The summed E-state index contributed by atoms with van der Waals surface area (Å²) in [6, 6.07) is 24.0. The highest BCUT2D eigenvalue weighted by molar-refractivity contribution is 6.02. The zero-order chi connectivity index (χ0) is 19.9. The van der Waals surface area contributed by atoms with Crippen molar-refractivity contribution in [3.05, 3.63) is 84.4 Å². The van der Waals surface area contributed by atoms with Crippen LogP contribution in [0, 0.1) is 6.92 Å². The molecule has 2 amide bonds. The number of amides is 2. The first-order valence-electron chi connectivity index (χ1n) is 8.99. The normalized spacial score (nSPS) is 10.2. The van der Waals surface area contributed by atoms with Crippen molar-refractivity contribution in [2.75, 3.05) is 16.8 Å². The predicted molar refractivity (Wildman–Crippen MR) is 111 cm³/mol. The lowest BCUT2D eigenvalue weighted by atomic mass is 10.2. The summed E-state index contributed by atoms with van der Waals surface area (Å²) in [4.78, 5) is 26.2. The molecule has 0 saturated heterocycles. The van der Waals surface area contributed by atoms with E-state index in [4.69, 9.17) is 4.74 Å². The Morgan fingerprint density at radius 1 is 0.893 bits per heavy atom. The average molecular weight is 374 g/mol. The number of rotatable bonds is 6. The van der Waals surface area contributed by atoms with Crippen LogP contribution in [-0.4, -0.2) is 18.4 Å². The number of hydrogen-bond donors (Lipinski definition) is 1. The highest BCUT2D eigenvalue weighted by Crippen LogP contribution is 2.32. The second-order valence-electron chi connectivity index (χ2n) is 6.40. The Bertz CT molecular complexity index is 953. The maximum absolute atomic E-state index is 12.5. The van der Waals surface area contributed by atoms with Gasteiger partial charge in [0, 0.05) is 12.6 Å². The Morgan fingerprint density at radius 3 is 2.21 bits per heavy atom. The fourth-order valence-corrected chi connectivity index (χ4v) is 2.73. The molecule has 0 radical (unpaired) electrons. The van der Waals surface area contributed by atoms with Gasteiger partial charge < -0.3 is 10.1 Å². The lowest BCUT2D eigenvalue weighted by Gasteiger charge is -2.23. The van der Waals surface area contributed by atoms with Crippen LogP contribution in [-0.2, 0) is 9.59 Å². The van der Waals surface area contributed by atoms with Crippen molar-refractivity contribution in [3.63, 3.8) is 0 Å². The van der Waals surface area contributed by atoms with Crippen LogP contribution in [0.2, 0.25) is 0 Å². The van der Waals surface area contributed by atoms with Gasteiger partial charge in [0.25, 0.3) is 0 Å². The van der Waals surface area contributed by atoms with E-state index in [0.717, 1.165) is 5.56 Å². The minimum Gasteiger partial charge on any atom is -0.455 e. The van der Waals surface area contributed by atoms with Gasteiger partial charge in [0.1, 0.15) is 12.3 Å². The maximum Gasteiger partial charge on any atom is 0.244 e. The van der Waals surface area contributed by atoms with Crippen molar-refractivity contribution in [1.29, 1.82) is 0 Å². The van der Waals surface area contributed by atoms with Crippen LogP contribution in [0.5, 0.6) is 11.5 Å². The molecule has 0 aromatic heterocycles. The zero-order valence-corrected chi connectivity index (χ0v) is 15.9. The molecule has 0 aliphatic carbocycles. The van der Waals surface area contributed by atoms with E-state index in [2.05, 4.69) is 5.32 Å². The fourth-order valence-electron chi connectivity index (χ4n) is 2.73. The summed E-state index contributed by atoms with van der Waals surface area (Å²) in [7, 11) is 0. The van der Waals surface area contributed by atoms with Crippen molar-refractivity contribution < 1.29 is 14.3 Å². The second-order valence-corrected chi connectivity index (χ2v) is 6.40. The van der Waals surface area contributed by atoms with Gasteiger partial charge >= 0.3 is 0 Å². The minimum atomic E-state index is -0.284. The molecule has 142 valence electrons. The molecule has 3 aromatic rings. The number of aryl methyl sites for hydroxylation is 1. The number of para-hydroxylation sites is 3. The van der Waals surface area contributed by atoms with E-state index in [-0.39, 0.29) is 18.4 Å². The van der Waals surface area contributed by atoms with Gasteiger partial charge in [0.15, 0.2) is 5.75 Å². The van der Waals surface area contributed by atoms with Gasteiger partial charge in [-0.15, -0.1) is 0 Å². The number of carbonyl (C=O) groups excluding carboxylic acids is 2. The Morgan fingerprint density at radius 2 is 1.54 bits per heavy atom. The Hall–Kier alpha value is -3.60. The van der Waals surface area contributed by atoms with Crippen LogP contribution in [0.1, 0.15) is 12.5 Å². The Balaban J connectivity index is 1.79. The fraction of sp³-hybridized carbons (Fsp3) is 0.130. The third-order valence-electron chi connectivity index (χ3n) is 4.14. The molecule has 0 fully saturated rings. The largest absolute Gasteiger partial charge is 0.455 e. The van der Waals surface area contributed by atoms with E-state index in [1.165, 1.54) is 11.8 Å². The van der Waals surface area contributed by atoms with E-state index in [9.17, 15) is 9.59 Å². The third-order valence-corrected chi connectivity index (χ3v) is 4.14. The summed E-state index contributed by atoms with van der Waals surface area (Å²) < 4.78 is 5.93. The lowest BCUT2D eigenvalue weighted by molar-refractivity contribution is -0.120. The molecule has 0 saturated carbocycles. The van der Waals surface area contributed by atoms with Gasteiger partial charge in [-0.1, -0.05) is 48.0 Å². The first kappa shape index (κ1) is 19.2. The van der Waals surface area contributed by atoms with Crippen molar-refractivity contribution >= 4 is 23.2 Å². The summed E-state index contributed by atoms with van der Waals surface area (Å²) in [6.07, 6.45) is 0. The second kappa shape index (κ2) is 8.86. The van der Waals surface area contributed by atoms with Crippen LogP contribution in [0.15, 0.2) is 78.9 Å². The number of nitrogens with one attached hydrogen (secondary N) is 1. The van der Waals surface area contributed by atoms with Crippen LogP contribution in [0.3, 0.4) is 0 Å². The summed E-state index contributed by atoms with van der Waals surface area (Å²) in [5.74, 6) is 0.631. The van der Waals surface area contributed by atoms with Gasteiger partial charge in [-0.2, -0.15) is 0 Å². The van der Waals surface area contributed by atoms with E-state index in [1.807, 2.05) is 67.6 Å². The van der Waals surface area contributed by atoms with Crippen molar-refractivity contribution in [1.82, 2.24) is 0 Å². The number of carbonyl (C=O) groups is 2. The van der Waals surface area contributed by atoms with Crippen molar-refractivity contribution in [3.8, 4) is 11.5 Å². The number of anilines is 2. The molecule has 3 rings (SSSR count). The zero-order valence-electron chi connectivity index (χ0n) is 15.9. The lowest BCUT2D eigenvalue weighted by Crippen LogP contribution is -2.36. The molecule has 3 aromatic carbocycles. The monoisotopic (exact) mass is 374 g/mol. The maximum atomic E-state index is 12.5. The Kier molecular flexibility index (Phi) is 6.07. The average Bonchev–Trinajstić information content (AvgIpc) is 2.69. The summed E-state index contributed by atoms with van der Waals surface area (Å²) >= 11 is 0. The molecule has 0 aliphatic rings. The van der Waals surface area contributed by atoms with Crippen molar-refractivity contribution in [2.24, 2.45) is 0 Å². The predicted octanol–water partition coefficient (Wildman–Crippen LogP) is 4.78. The molecule has 0 spiro atoms. The molecule has 5 nitrogen and oxygen atoms in total. The molecule has 28 heavy (non-hydrogen) atoms. The third kappa shape index (κ3) is 4.98. The summed E-state index contributed by atoms with van der Waals surface area (Å²) in [5, 5.41) is 2.82. The number of benzene rings is 3. The highest BCUT2D eigenvalue weighted by atomic mass is 16.5. The molecule has 0 aliphatic heterocycles. The number of hydrogen-bond acceptors (Lipinski definition) is 3. The van der Waals surface area contributed by atoms with Crippen LogP contribution >= 0.6 is 0 Å². The molecular weight excluding hydrogens is 352 g/mol. The first-order valence-corrected chi connectivity index (χ1v) is 8.99. The van der Waals surface area contributed by atoms with Gasteiger partial charge in [0.05, 0.1) is 5.69 Å². The van der Waals surface area contributed by atoms with Crippen LogP contribution in [0.4, 0.5) is 11.4 Å². The van der Waals surface area contributed by atoms with E-state index in [1.54, 1.807) is 18.2 Å². The van der Waals surface area contributed by atoms with E-state index >= 15 is 0 Å². The van der Waals surface area contributed by atoms with E-state index in [0.29, 0.717) is 22.9 Å². The molecule has 0 heterocycles. The quantitative estimate of drug-likeness (QED) is 0.675. The summed E-state index contributed by atoms with van der Waals surface area (Å²) in [5.41, 5.74) is 2.33. The minimum absolute atomic E-state index is 0.113. The van der Waals surface area contributed by atoms with Crippen LogP contribution < -0.4 is 15.0 Å². The smallest absolute Gasteiger partial charge is 0.244 e.